The van der Waals surface area contributed by atoms with Gasteiger partial charge in [-0.05, 0) is 11.1 Å². The van der Waals surface area contributed by atoms with Crippen LogP contribution in [-0.4, -0.2) is 30.8 Å². The zero-order valence-corrected chi connectivity index (χ0v) is 15.0. The number of rotatable bonds is 8. The molecule has 0 aliphatic carbocycles. The van der Waals surface area contributed by atoms with Crippen molar-refractivity contribution in [3.8, 4) is 0 Å². The number of ether oxygens (including phenoxy) is 3. The first-order valence-electron chi connectivity index (χ1n) is 8.83. The van der Waals surface area contributed by atoms with Crippen molar-refractivity contribution in [1.29, 1.82) is 0 Å². The monoisotopic (exact) mass is 368 g/mol. The highest BCUT2D eigenvalue weighted by Gasteiger charge is 2.37. The normalized spacial score (nSPS) is 22.0. The molecule has 1 aliphatic rings. The van der Waals surface area contributed by atoms with Crippen LogP contribution in [0.4, 0.5) is 0 Å². The number of nitrogens with two attached hydrogens (primary N) is 2. The maximum Gasteiger partial charge on any atom is 0.250 e. The number of primary amides is 1. The van der Waals surface area contributed by atoms with Crippen molar-refractivity contribution in [3.05, 3.63) is 83.6 Å². The predicted molar refractivity (Wildman–Crippen MR) is 101 cm³/mol. The molecule has 1 heterocycles. The fourth-order valence-electron chi connectivity index (χ4n) is 2.90. The highest BCUT2D eigenvalue weighted by Crippen LogP contribution is 2.22. The first-order valence-corrected chi connectivity index (χ1v) is 8.83. The van der Waals surface area contributed by atoms with Gasteiger partial charge < -0.3 is 25.7 Å². The Hall–Kier alpha value is -2.67. The van der Waals surface area contributed by atoms with Gasteiger partial charge in [-0.2, -0.15) is 0 Å². The van der Waals surface area contributed by atoms with Gasteiger partial charge in [0.05, 0.1) is 37.7 Å². The van der Waals surface area contributed by atoms with E-state index in [2.05, 4.69) is 0 Å². The largest absolute Gasteiger partial charge is 0.493 e. The van der Waals surface area contributed by atoms with Crippen LogP contribution in [0.3, 0.4) is 0 Å². The van der Waals surface area contributed by atoms with Crippen molar-refractivity contribution in [3.63, 3.8) is 0 Å². The molecular formula is C21H24N2O4. The molecule has 6 nitrogen and oxygen atoms in total. The molecule has 3 atom stereocenters. The Labute approximate surface area is 158 Å². The van der Waals surface area contributed by atoms with Crippen molar-refractivity contribution in [2.45, 2.75) is 31.5 Å². The Bertz CT molecular complexity index is 764. The van der Waals surface area contributed by atoms with Crippen molar-refractivity contribution in [1.82, 2.24) is 0 Å². The summed E-state index contributed by atoms with van der Waals surface area (Å²) >= 11 is 0. The molecule has 1 amide bonds. The molecule has 0 unspecified atom stereocenters. The lowest BCUT2D eigenvalue weighted by molar-refractivity contribution is -0.118. The summed E-state index contributed by atoms with van der Waals surface area (Å²) < 4.78 is 17.2. The molecule has 2 aromatic rings. The summed E-state index contributed by atoms with van der Waals surface area (Å²) in [5.41, 5.74) is 14.1. The molecule has 2 aromatic carbocycles. The highest BCUT2D eigenvalue weighted by atomic mass is 16.5. The molecule has 3 rings (SSSR count). The van der Waals surface area contributed by atoms with Gasteiger partial charge in [-0.1, -0.05) is 60.7 Å². The summed E-state index contributed by atoms with van der Waals surface area (Å²) in [5, 5.41) is 0. The Morgan fingerprint density at radius 2 is 1.56 bits per heavy atom. The zero-order chi connectivity index (χ0) is 19.1. The van der Waals surface area contributed by atoms with Crippen LogP contribution in [0.25, 0.3) is 0 Å². The van der Waals surface area contributed by atoms with Crippen LogP contribution in [0.5, 0.6) is 0 Å². The van der Waals surface area contributed by atoms with E-state index >= 15 is 0 Å². The predicted octanol–water partition coefficient (Wildman–Crippen LogP) is 1.88. The van der Waals surface area contributed by atoms with Gasteiger partial charge in [0.2, 0.25) is 5.91 Å². The van der Waals surface area contributed by atoms with Crippen molar-refractivity contribution < 1.29 is 19.0 Å². The summed E-state index contributed by atoms with van der Waals surface area (Å²) in [4.78, 5) is 11.7. The maximum atomic E-state index is 11.7. The molecule has 142 valence electrons. The Kier molecular flexibility index (Phi) is 6.59. The van der Waals surface area contributed by atoms with Crippen LogP contribution in [0.1, 0.15) is 11.1 Å². The number of carbonyl (C=O) groups excluding carboxylic acids is 1. The van der Waals surface area contributed by atoms with Gasteiger partial charge in [0.25, 0.3) is 0 Å². The van der Waals surface area contributed by atoms with Crippen LogP contribution in [0.2, 0.25) is 0 Å². The molecule has 1 aliphatic heterocycles. The molecule has 0 spiro atoms. The van der Waals surface area contributed by atoms with Crippen LogP contribution in [-0.2, 0) is 32.2 Å². The molecule has 0 saturated heterocycles. The van der Waals surface area contributed by atoms with E-state index in [1.54, 1.807) is 0 Å². The Balaban J connectivity index is 1.61. The Morgan fingerprint density at radius 3 is 2.15 bits per heavy atom. The Morgan fingerprint density at radius 1 is 0.963 bits per heavy atom. The van der Waals surface area contributed by atoms with E-state index in [4.69, 9.17) is 25.7 Å². The van der Waals surface area contributed by atoms with Gasteiger partial charge in [0.15, 0.2) is 0 Å². The average Bonchev–Trinajstić information content (AvgIpc) is 2.69. The van der Waals surface area contributed by atoms with Crippen molar-refractivity contribution in [2.24, 2.45) is 11.5 Å². The van der Waals surface area contributed by atoms with Gasteiger partial charge in [-0.3, -0.25) is 4.79 Å². The molecule has 0 bridgehead atoms. The third-order valence-electron chi connectivity index (χ3n) is 4.41. The van der Waals surface area contributed by atoms with Gasteiger partial charge in [0.1, 0.15) is 12.2 Å². The summed E-state index contributed by atoms with van der Waals surface area (Å²) in [6, 6.07) is 18.9. The molecule has 0 radical (unpaired) electrons. The van der Waals surface area contributed by atoms with E-state index in [-0.39, 0.29) is 12.2 Å². The average molecular weight is 368 g/mol. The number of amides is 1. The molecule has 4 N–H and O–H groups in total. The fraction of sp³-hybridized carbons (Fsp3) is 0.286. The lowest BCUT2D eigenvalue weighted by atomic mass is 9.96. The standard InChI is InChI=1S/C21H24N2O4/c22-19-18(14-25-11-15-7-3-1-4-8-15)26-13-17(21(23)24)20(19)27-12-16-9-5-2-6-10-16/h1-10,13,18-20H,11-12,14,22H2,(H2,23,24)/t18-,19+,20-/m1/s1. The summed E-state index contributed by atoms with van der Waals surface area (Å²) in [7, 11) is 0. The van der Waals surface area contributed by atoms with Crippen LogP contribution in [0, 0.1) is 0 Å². The van der Waals surface area contributed by atoms with Crippen LogP contribution >= 0.6 is 0 Å². The third kappa shape index (κ3) is 5.17. The molecule has 0 aromatic heterocycles. The minimum absolute atomic E-state index is 0.234. The zero-order valence-electron chi connectivity index (χ0n) is 15.0. The minimum atomic E-state index is -0.651. The van der Waals surface area contributed by atoms with Crippen LogP contribution in [0.15, 0.2) is 72.5 Å². The number of carbonyl (C=O) groups is 1. The van der Waals surface area contributed by atoms with E-state index in [0.717, 1.165) is 11.1 Å². The first-order chi connectivity index (χ1) is 13.1. The summed E-state index contributed by atoms with van der Waals surface area (Å²) in [5.74, 6) is -0.604. The smallest absolute Gasteiger partial charge is 0.250 e. The lowest BCUT2D eigenvalue weighted by Gasteiger charge is -2.34. The second kappa shape index (κ2) is 9.32. The van der Waals surface area contributed by atoms with Gasteiger partial charge >= 0.3 is 0 Å². The molecule has 6 heteroatoms. The van der Waals surface area contributed by atoms with Gasteiger partial charge in [-0.25, -0.2) is 0 Å². The quantitative estimate of drug-likeness (QED) is 0.742. The molecule has 0 saturated carbocycles. The van der Waals surface area contributed by atoms with E-state index in [1.807, 2.05) is 60.7 Å². The van der Waals surface area contributed by atoms with Gasteiger partial charge in [-0.15, -0.1) is 0 Å². The van der Waals surface area contributed by atoms with Crippen molar-refractivity contribution >= 4 is 5.91 Å². The van der Waals surface area contributed by atoms with E-state index in [1.165, 1.54) is 6.26 Å². The second-order valence-corrected chi connectivity index (χ2v) is 6.41. The summed E-state index contributed by atoms with van der Waals surface area (Å²) in [6.45, 7) is 1.06. The molecular weight excluding hydrogens is 344 g/mol. The molecule has 0 fully saturated rings. The first kappa shape index (κ1) is 19.1. The van der Waals surface area contributed by atoms with E-state index in [9.17, 15) is 4.79 Å². The topological polar surface area (TPSA) is 96.8 Å². The summed E-state index contributed by atoms with van der Waals surface area (Å²) in [6.07, 6.45) is 0.261. The lowest BCUT2D eigenvalue weighted by Crippen LogP contribution is -2.53. The number of hydrogen-bond acceptors (Lipinski definition) is 5. The third-order valence-corrected chi connectivity index (χ3v) is 4.41. The highest BCUT2D eigenvalue weighted by molar-refractivity contribution is 5.93. The van der Waals surface area contributed by atoms with Crippen molar-refractivity contribution in [2.75, 3.05) is 6.61 Å². The molecule has 27 heavy (non-hydrogen) atoms. The second-order valence-electron chi connectivity index (χ2n) is 6.41. The SMILES string of the molecule is NC(=O)C1=CO[C@H](COCc2ccccc2)[C@H](N)[C@@H]1OCc1ccccc1. The van der Waals surface area contributed by atoms with Gasteiger partial charge in [0, 0.05) is 0 Å². The van der Waals surface area contributed by atoms with E-state index < -0.39 is 24.2 Å². The van der Waals surface area contributed by atoms with E-state index in [0.29, 0.717) is 13.2 Å². The fourth-order valence-corrected chi connectivity index (χ4v) is 2.90. The number of benzene rings is 2. The maximum absolute atomic E-state index is 11.7. The minimum Gasteiger partial charge on any atom is -0.493 e. The number of hydrogen-bond donors (Lipinski definition) is 2. The van der Waals surface area contributed by atoms with Crippen LogP contribution < -0.4 is 11.5 Å².